The van der Waals surface area contributed by atoms with Crippen molar-refractivity contribution in [3.8, 4) is 17.1 Å². The molecule has 0 fully saturated rings. The number of hydrogen-bond acceptors (Lipinski definition) is 4. The van der Waals surface area contributed by atoms with Gasteiger partial charge >= 0.3 is 0 Å². The van der Waals surface area contributed by atoms with Crippen molar-refractivity contribution in [2.75, 3.05) is 12.8 Å². The van der Waals surface area contributed by atoms with Gasteiger partial charge in [0.1, 0.15) is 0 Å². The zero-order valence-corrected chi connectivity index (χ0v) is 8.90. The van der Waals surface area contributed by atoms with Gasteiger partial charge in [-0.1, -0.05) is 0 Å². The monoisotopic (exact) mass is 207 g/mol. The summed E-state index contributed by atoms with van der Waals surface area (Å²) in [6.45, 7) is 1.90. The van der Waals surface area contributed by atoms with E-state index in [4.69, 9.17) is 10.5 Å². The Morgan fingerprint density at radius 2 is 2.27 bits per heavy atom. The second-order valence-corrected chi connectivity index (χ2v) is 3.29. The van der Waals surface area contributed by atoms with Gasteiger partial charge < -0.3 is 10.5 Å². The number of ether oxygens (including phenoxy) is 1. The van der Waals surface area contributed by atoms with Crippen molar-refractivity contribution in [2.45, 2.75) is 6.92 Å². The van der Waals surface area contributed by atoms with Gasteiger partial charge in [0.25, 0.3) is 0 Å². The lowest BCUT2D eigenvalue weighted by Gasteiger charge is -2.03. The standard InChI is InChI=1S/C9H13N5O/c1-5-7(8-6(10)4-11-12-8)9(15-3)14(2)13-5/h4H,10H2,1-3H3,(H,11,12). The van der Waals surface area contributed by atoms with Gasteiger partial charge in [0.05, 0.1) is 35.9 Å². The lowest BCUT2D eigenvalue weighted by atomic mass is 10.1. The molecule has 2 heterocycles. The number of nitrogens with zero attached hydrogens (tertiary/aromatic N) is 3. The molecule has 2 rings (SSSR count). The maximum atomic E-state index is 5.79. The number of aromatic nitrogens is 4. The number of nitrogen functional groups attached to an aromatic ring is 1. The van der Waals surface area contributed by atoms with Crippen LogP contribution < -0.4 is 10.5 Å². The number of methoxy groups -OCH3 is 1. The van der Waals surface area contributed by atoms with E-state index in [1.807, 2.05) is 14.0 Å². The first-order chi connectivity index (χ1) is 7.15. The number of aromatic amines is 1. The molecule has 15 heavy (non-hydrogen) atoms. The molecule has 80 valence electrons. The summed E-state index contributed by atoms with van der Waals surface area (Å²) in [5.74, 6) is 0.670. The number of hydrogen-bond donors (Lipinski definition) is 2. The Balaban J connectivity index is 2.67. The number of rotatable bonds is 2. The van der Waals surface area contributed by atoms with Crippen LogP contribution in [0.5, 0.6) is 5.88 Å². The predicted molar refractivity (Wildman–Crippen MR) is 56.5 cm³/mol. The highest BCUT2D eigenvalue weighted by molar-refractivity contribution is 5.77. The zero-order chi connectivity index (χ0) is 11.0. The van der Waals surface area contributed by atoms with Gasteiger partial charge in [-0.15, -0.1) is 0 Å². The van der Waals surface area contributed by atoms with Crippen LogP contribution in [0.2, 0.25) is 0 Å². The van der Waals surface area contributed by atoms with Gasteiger partial charge in [0.2, 0.25) is 5.88 Å². The van der Waals surface area contributed by atoms with Gasteiger partial charge in [-0.2, -0.15) is 10.2 Å². The van der Waals surface area contributed by atoms with E-state index in [0.717, 1.165) is 17.0 Å². The fourth-order valence-electron chi connectivity index (χ4n) is 1.65. The number of aryl methyl sites for hydroxylation is 2. The predicted octanol–water partition coefficient (Wildman–Crippen LogP) is 0.709. The highest BCUT2D eigenvalue weighted by Crippen LogP contribution is 2.34. The normalized spacial score (nSPS) is 10.6. The Morgan fingerprint density at radius 3 is 2.80 bits per heavy atom. The molecule has 0 radical (unpaired) electrons. The molecule has 2 aromatic rings. The molecule has 0 saturated carbocycles. The molecule has 3 N–H and O–H groups in total. The van der Waals surface area contributed by atoms with Crippen LogP contribution in [0, 0.1) is 6.92 Å². The van der Waals surface area contributed by atoms with Crippen LogP contribution in [-0.2, 0) is 7.05 Å². The van der Waals surface area contributed by atoms with Crippen molar-refractivity contribution in [3.05, 3.63) is 11.9 Å². The lowest BCUT2D eigenvalue weighted by molar-refractivity contribution is 0.374. The molecule has 0 spiro atoms. The van der Waals surface area contributed by atoms with Crippen molar-refractivity contribution < 1.29 is 4.74 Å². The summed E-state index contributed by atoms with van der Waals surface area (Å²) in [7, 11) is 3.43. The van der Waals surface area contributed by atoms with Crippen LogP contribution in [0.3, 0.4) is 0 Å². The van der Waals surface area contributed by atoms with Crippen LogP contribution in [0.25, 0.3) is 11.3 Å². The SMILES string of the molecule is COc1c(-c2[nH]ncc2N)c(C)nn1C. The minimum absolute atomic E-state index is 0.587. The van der Waals surface area contributed by atoms with Crippen LogP contribution in [0.1, 0.15) is 5.69 Å². The first-order valence-corrected chi connectivity index (χ1v) is 4.52. The molecule has 0 aromatic carbocycles. The van der Waals surface area contributed by atoms with Crippen LogP contribution >= 0.6 is 0 Å². The van der Waals surface area contributed by atoms with Gasteiger partial charge in [0, 0.05) is 7.05 Å². The average molecular weight is 207 g/mol. The molecule has 6 heteroatoms. The second-order valence-electron chi connectivity index (χ2n) is 3.29. The van der Waals surface area contributed by atoms with Crippen molar-refractivity contribution in [3.63, 3.8) is 0 Å². The van der Waals surface area contributed by atoms with Gasteiger partial charge in [-0.3, -0.25) is 5.10 Å². The summed E-state index contributed by atoms with van der Waals surface area (Å²) in [5.41, 5.74) is 8.83. The van der Waals surface area contributed by atoms with E-state index in [1.165, 1.54) is 0 Å². The molecule has 6 nitrogen and oxygen atoms in total. The first-order valence-electron chi connectivity index (χ1n) is 4.52. The molecule has 0 bridgehead atoms. The van der Waals surface area contributed by atoms with E-state index < -0.39 is 0 Å². The van der Waals surface area contributed by atoms with E-state index in [9.17, 15) is 0 Å². The largest absolute Gasteiger partial charge is 0.481 e. The second kappa shape index (κ2) is 3.30. The zero-order valence-electron chi connectivity index (χ0n) is 8.90. The summed E-state index contributed by atoms with van der Waals surface area (Å²) >= 11 is 0. The smallest absolute Gasteiger partial charge is 0.221 e. The van der Waals surface area contributed by atoms with Crippen molar-refractivity contribution in [2.24, 2.45) is 7.05 Å². The molecule has 0 aliphatic heterocycles. The molecule has 0 saturated heterocycles. The third-order valence-corrected chi connectivity index (χ3v) is 2.28. The minimum atomic E-state index is 0.587. The third-order valence-electron chi connectivity index (χ3n) is 2.28. The summed E-state index contributed by atoms with van der Waals surface area (Å²) < 4.78 is 6.94. The van der Waals surface area contributed by atoms with E-state index in [2.05, 4.69) is 15.3 Å². The number of nitrogens with two attached hydrogens (primary N) is 1. The summed E-state index contributed by atoms with van der Waals surface area (Å²) in [6.07, 6.45) is 1.57. The number of nitrogens with one attached hydrogen (secondary N) is 1. The maximum Gasteiger partial charge on any atom is 0.221 e. The highest BCUT2D eigenvalue weighted by Gasteiger charge is 2.18. The Morgan fingerprint density at radius 1 is 1.53 bits per heavy atom. The van der Waals surface area contributed by atoms with Crippen molar-refractivity contribution >= 4 is 5.69 Å². The Kier molecular flexibility index (Phi) is 2.11. The average Bonchev–Trinajstić information content (AvgIpc) is 2.70. The topological polar surface area (TPSA) is 81.8 Å². The highest BCUT2D eigenvalue weighted by atomic mass is 16.5. The fourth-order valence-corrected chi connectivity index (χ4v) is 1.65. The minimum Gasteiger partial charge on any atom is -0.481 e. The van der Waals surface area contributed by atoms with E-state index in [-0.39, 0.29) is 0 Å². The molecular formula is C9H13N5O. The lowest BCUT2D eigenvalue weighted by Crippen LogP contribution is -1.96. The molecule has 0 amide bonds. The molecule has 0 unspecified atom stereocenters. The van der Waals surface area contributed by atoms with E-state index in [1.54, 1.807) is 18.0 Å². The molecule has 0 aliphatic carbocycles. The quantitative estimate of drug-likeness (QED) is 0.759. The Bertz CT molecular complexity index is 485. The molecule has 2 aromatic heterocycles. The van der Waals surface area contributed by atoms with E-state index in [0.29, 0.717) is 11.6 Å². The van der Waals surface area contributed by atoms with Crippen LogP contribution in [0.4, 0.5) is 5.69 Å². The van der Waals surface area contributed by atoms with Crippen molar-refractivity contribution in [1.82, 2.24) is 20.0 Å². The van der Waals surface area contributed by atoms with Crippen LogP contribution in [-0.4, -0.2) is 27.1 Å². The van der Waals surface area contributed by atoms with Gasteiger partial charge in [-0.05, 0) is 6.92 Å². The molecule has 0 atom stereocenters. The first kappa shape index (κ1) is 9.57. The molecular weight excluding hydrogens is 194 g/mol. The van der Waals surface area contributed by atoms with Crippen LogP contribution in [0.15, 0.2) is 6.20 Å². The Hall–Kier alpha value is -1.98. The van der Waals surface area contributed by atoms with Crippen molar-refractivity contribution in [1.29, 1.82) is 0 Å². The summed E-state index contributed by atoms with van der Waals surface area (Å²) in [4.78, 5) is 0. The number of anilines is 1. The molecule has 0 aliphatic rings. The number of H-pyrrole nitrogens is 1. The maximum absolute atomic E-state index is 5.79. The van der Waals surface area contributed by atoms with Gasteiger partial charge in [0.15, 0.2) is 0 Å². The van der Waals surface area contributed by atoms with E-state index >= 15 is 0 Å². The third kappa shape index (κ3) is 1.34. The summed E-state index contributed by atoms with van der Waals surface area (Å²) in [5, 5.41) is 11.0. The van der Waals surface area contributed by atoms with Gasteiger partial charge in [-0.25, -0.2) is 4.68 Å². The fraction of sp³-hybridized carbons (Fsp3) is 0.333. The Labute approximate surface area is 87.0 Å². The summed E-state index contributed by atoms with van der Waals surface area (Å²) in [6, 6.07) is 0.